The second-order valence-corrected chi connectivity index (χ2v) is 10.4. The molecular weight excluding hydrogens is 497 g/mol. The summed E-state index contributed by atoms with van der Waals surface area (Å²) in [5.74, 6) is -1.31. The maximum absolute atomic E-state index is 13.2. The van der Waals surface area contributed by atoms with Crippen LogP contribution in [-0.2, 0) is 11.3 Å². The van der Waals surface area contributed by atoms with Crippen LogP contribution in [-0.4, -0.2) is 41.2 Å². The van der Waals surface area contributed by atoms with Gasteiger partial charge >= 0.3 is 12.3 Å². The maximum Gasteiger partial charge on any atom is 0.404 e. The van der Waals surface area contributed by atoms with Crippen molar-refractivity contribution in [3.8, 4) is 0 Å². The number of aromatic nitrogens is 1. The van der Waals surface area contributed by atoms with Gasteiger partial charge in [-0.1, -0.05) is 36.8 Å². The highest BCUT2D eigenvalue weighted by Gasteiger charge is 2.42. The van der Waals surface area contributed by atoms with Gasteiger partial charge in [0.2, 0.25) is 0 Å². The number of carbonyl (C=O) groups excluding carboxylic acids is 2. The van der Waals surface area contributed by atoms with Gasteiger partial charge in [0.15, 0.2) is 0 Å². The molecule has 1 aromatic heterocycles. The van der Waals surface area contributed by atoms with Crippen LogP contribution in [0.4, 0.5) is 18.0 Å². The molecule has 1 aliphatic heterocycles. The Morgan fingerprint density at radius 1 is 1.18 bits per heavy atom. The lowest BCUT2D eigenvalue weighted by Crippen LogP contribution is -2.33. The molecule has 2 heterocycles. The number of ether oxygens (including phenoxy) is 1. The lowest BCUT2D eigenvalue weighted by atomic mass is 9.81. The van der Waals surface area contributed by atoms with E-state index in [1.54, 1.807) is 6.20 Å². The van der Waals surface area contributed by atoms with Gasteiger partial charge in [0.05, 0.1) is 29.3 Å². The number of alkyl halides is 3. The fourth-order valence-corrected chi connectivity index (χ4v) is 5.65. The molecular formula is C28H35F3N4O3. The molecule has 1 aromatic carbocycles. The van der Waals surface area contributed by atoms with Crippen molar-refractivity contribution in [1.29, 1.82) is 0 Å². The molecule has 0 radical (unpaired) electrons. The van der Waals surface area contributed by atoms with Crippen molar-refractivity contribution >= 4 is 12.0 Å². The standard InChI is InChI=1S/C28H35F3N4O3/c1-3-24-25-21(15-35(24)14-18-6-10-22(11-7-18)28(29,30)31)12-20(13-33-25)26(36)34-23(16-38-27(32)37)19-8-4-17(2)5-9-19/h4-5,8-9,12-13,18,22-24H,3,6-7,10-11,14-16H2,1-2H3,(H2,32,37)(H,34,36)/t18?,22?,23-,24+/m0/s1. The van der Waals surface area contributed by atoms with Crippen LogP contribution in [0, 0.1) is 18.8 Å². The second kappa shape index (κ2) is 11.7. The van der Waals surface area contributed by atoms with Crippen LogP contribution >= 0.6 is 0 Å². The number of carbonyl (C=O) groups is 2. The Kier molecular flexibility index (Phi) is 8.60. The number of hydrogen-bond donors (Lipinski definition) is 2. The van der Waals surface area contributed by atoms with Gasteiger partial charge in [-0.25, -0.2) is 4.79 Å². The molecule has 2 amide bonds. The largest absolute Gasteiger partial charge is 0.447 e. The Bertz CT molecular complexity index is 1130. The van der Waals surface area contributed by atoms with E-state index >= 15 is 0 Å². The first kappa shape index (κ1) is 27.9. The highest BCUT2D eigenvalue weighted by atomic mass is 19.4. The minimum absolute atomic E-state index is 0.0757. The predicted octanol–water partition coefficient (Wildman–Crippen LogP) is 5.59. The summed E-state index contributed by atoms with van der Waals surface area (Å²) in [6, 6.07) is 8.86. The van der Waals surface area contributed by atoms with E-state index in [0.717, 1.165) is 35.3 Å². The molecule has 0 unspecified atom stereocenters. The van der Waals surface area contributed by atoms with E-state index in [0.29, 0.717) is 24.9 Å². The first-order chi connectivity index (χ1) is 18.0. The molecule has 38 heavy (non-hydrogen) atoms. The lowest BCUT2D eigenvalue weighted by Gasteiger charge is -2.33. The number of pyridine rings is 1. The van der Waals surface area contributed by atoms with Crippen LogP contribution in [0.3, 0.4) is 0 Å². The summed E-state index contributed by atoms with van der Waals surface area (Å²) < 4.78 is 44.2. The molecule has 1 aliphatic carbocycles. The number of nitrogens with two attached hydrogens (primary N) is 1. The SMILES string of the molecule is CC[C@@H]1c2ncc(C(=O)N[C@@H](COC(N)=O)c3ccc(C)cc3)cc2CN1CC1CCC(C(F)(F)F)CC1. The monoisotopic (exact) mass is 532 g/mol. The van der Waals surface area contributed by atoms with E-state index in [9.17, 15) is 22.8 Å². The first-order valence-electron chi connectivity index (χ1n) is 13.1. The van der Waals surface area contributed by atoms with Gasteiger partial charge in [0, 0.05) is 19.3 Å². The summed E-state index contributed by atoms with van der Waals surface area (Å²) in [6.07, 6.45) is -1.13. The van der Waals surface area contributed by atoms with Crippen molar-refractivity contribution < 1.29 is 27.5 Å². The molecule has 1 saturated carbocycles. The maximum atomic E-state index is 13.2. The molecule has 0 bridgehead atoms. The van der Waals surface area contributed by atoms with Crippen LogP contribution < -0.4 is 11.1 Å². The second-order valence-electron chi connectivity index (χ2n) is 10.4. The van der Waals surface area contributed by atoms with E-state index in [-0.39, 0.29) is 37.3 Å². The quantitative estimate of drug-likeness (QED) is 0.462. The van der Waals surface area contributed by atoms with Gasteiger partial charge in [-0.05, 0) is 62.1 Å². The zero-order valence-corrected chi connectivity index (χ0v) is 21.8. The van der Waals surface area contributed by atoms with Crippen LogP contribution in [0.5, 0.6) is 0 Å². The third kappa shape index (κ3) is 6.64. The highest BCUT2D eigenvalue weighted by Crippen LogP contribution is 2.42. The summed E-state index contributed by atoms with van der Waals surface area (Å²) in [5, 5.41) is 2.92. The Balaban J connectivity index is 1.43. The minimum Gasteiger partial charge on any atom is -0.447 e. The molecule has 2 aromatic rings. The van der Waals surface area contributed by atoms with Crippen molar-refractivity contribution in [2.75, 3.05) is 13.2 Å². The van der Waals surface area contributed by atoms with Gasteiger partial charge in [0.25, 0.3) is 5.91 Å². The van der Waals surface area contributed by atoms with E-state index in [4.69, 9.17) is 10.5 Å². The fourth-order valence-electron chi connectivity index (χ4n) is 5.65. The molecule has 1 fully saturated rings. The highest BCUT2D eigenvalue weighted by molar-refractivity contribution is 5.94. The number of rotatable bonds is 8. The normalized spacial score (nSPS) is 22.5. The van der Waals surface area contributed by atoms with Crippen molar-refractivity contribution in [3.63, 3.8) is 0 Å². The number of nitrogens with one attached hydrogen (secondary N) is 1. The Labute approximate surface area is 220 Å². The molecule has 3 N–H and O–H groups in total. The average molecular weight is 533 g/mol. The Hall–Kier alpha value is -3.14. The number of aryl methyl sites for hydroxylation is 1. The predicted molar refractivity (Wildman–Crippen MR) is 136 cm³/mol. The van der Waals surface area contributed by atoms with Gasteiger partial charge in [-0.2, -0.15) is 13.2 Å². The molecule has 10 heteroatoms. The van der Waals surface area contributed by atoms with Crippen molar-refractivity contribution in [1.82, 2.24) is 15.2 Å². The van der Waals surface area contributed by atoms with Gasteiger partial charge in [-0.3, -0.25) is 14.7 Å². The molecule has 4 rings (SSSR count). The lowest BCUT2D eigenvalue weighted by molar-refractivity contribution is -0.184. The van der Waals surface area contributed by atoms with E-state index in [1.807, 2.05) is 37.3 Å². The Morgan fingerprint density at radius 3 is 2.47 bits per heavy atom. The van der Waals surface area contributed by atoms with Crippen LogP contribution in [0.2, 0.25) is 0 Å². The third-order valence-electron chi connectivity index (χ3n) is 7.76. The molecule has 7 nitrogen and oxygen atoms in total. The van der Waals surface area contributed by atoms with Crippen LogP contribution in [0.1, 0.15) is 83.9 Å². The van der Waals surface area contributed by atoms with Gasteiger partial charge in [-0.15, -0.1) is 0 Å². The topological polar surface area (TPSA) is 97.5 Å². The fraction of sp³-hybridized carbons (Fsp3) is 0.536. The summed E-state index contributed by atoms with van der Waals surface area (Å²) in [5.41, 5.74) is 9.23. The van der Waals surface area contributed by atoms with Crippen molar-refractivity contribution in [2.24, 2.45) is 17.6 Å². The van der Waals surface area contributed by atoms with Crippen molar-refractivity contribution in [3.05, 3.63) is 64.5 Å². The number of benzene rings is 1. The zero-order valence-electron chi connectivity index (χ0n) is 21.8. The zero-order chi connectivity index (χ0) is 27.4. The van der Waals surface area contributed by atoms with Gasteiger partial charge < -0.3 is 15.8 Å². The average Bonchev–Trinajstić information content (AvgIpc) is 3.22. The number of hydrogen-bond acceptors (Lipinski definition) is 5. The van der Waals surface area contributed by atoms with E-state index in [2.05, 4.69) is 22.1 Å². The molecule has 206 valence electrons. The van der Waals surface area contributed by atoms with Crippen LogP contribution in [0.15, 0.2) is 36.5 Å². The number of primary amides is 1. The molecule has 2 atom stereocenters. The minimum atomic E-state index is -4.11. The van der Waals surface area contributed by atoms with E-state index in [1.165, 1.54) is 0 Å². The first-order valence-corrected chi connectivity index (χ1v) is 13.1. The number of nitrogens with zero attached hydrogens (tertiary/aromatic N) is 2. The van der Waals surface area contributed by atoms with Crippen LogP contribution in [0.25, 0.3) is 0 Å². The number of fused-ring (bicyclic) bond motifs is 1. The summed E-state index contributed by atoms with van der Waals surface area (Å²) in [6.45, 7) is 5.24. The summed E-state index contributed by atoms with van der Waals surface area (Å²) >= 11 is 0. The third-order valence-corrected chi connectivity index (χ3v) is 7.76. The molecule has 2 aliphatic rings. The number of halogens is 3. The molecule has 0 saturated heterocycles. The number of amides is 2. The smallest absolute Gasteiger partial charge is 0.404 e. The molecule has 0 spiro atoms. The summed E-state index contributed by atoms with van der Waals surface area (Å²) in [4.78, 5) is 31.3. The van der Waals surface area contributed by atoms with Crippen molar-refractivity contribution in [2.45, 2.75) is 70.8 Å². The summed E-state index contributed by atoms with van der Waals surface area (Å²) in [7, 11) is 0. The van der Waals surface area contributed by atoms with E-state index < -0.39 is 24.2 Å². The Morgan fingerprint density at radius 2 is 1.87 bits per heavy atom. The van der Waals surface area contributed by atoms with Gasteiger partial charge in [0.1, 0.15) is 6.61 Å².